The van der Waals surface area contributed by atoms with Crippen LogP contribution in [0.2, 0.25) is 0 Å². The molecule has 0 aliphatic carbocycles. The Bertz CT molecular complexity index is 761. The molecule has 0 spiro atoms. The van der Waals surface area contributed by atoms with Crippen LogP contribution >= 0.6 is 0 Å². The topological polar surface area (TPSA) is 56.0 Å². The van der Waals surface area contributed by atoms with Gasteiger partial charge in [0, 0.05) is 11.8 Å². The summed E-state index contributed by atoms with van der Waals surface area (Å²) in [5, 5.41) is 4.30. The van der Waals surface area contributed by atoms with Gasteiger partial charge in [-0.05, 0) is 19.1 Å². The van der Waals surface area contributed by atoms with Gasteiger partial charge in [-0.25, -0.2) is 4.79 Å². The minimum atomic E-state index is -0.464. The first-order chi connectivity index (χ1) is 8.75. The highest BCUT2D eigenvalue weighted by Gasteiger charge is 2.10. The molecule has 0 bridgehead atoms. The van der Waals surface area contributed by atoms with Gasteiger partial charge in [-0.2, -0.15) is 0 Å². The van der Waals surface area contributed by atoms with E-state index in [1.54, 1.807) is 18.3 Å². The van der Waals surface area contributed by atoms with Crippen molar-refractivity contribution in [3.63, 3.8) is 0 Å². The molecule has 0 saturated carbocycles. The summed E-state index contributed by atoms with van der Waals surface area (Å²) in [7, 11) is 0. The fourth-order valence-corrected chi connectivity index (χ4v) is 1.84. The smallest absolute Gasteiger partial charge is 0.312 e. The van der Waals surface area contributed by atoms with Crippen LogP contribution in [-0.2, 0) is 0 Å². The molecule has 1 aromatic carbocycles. The summed E-state index contributed by atoms with van der Waals surface area (Å²) in [6, 6.07) is 11.2. The Balaban J connectivity index is 2.33. The Morgan fingerprint density at radius 1 is 1.11 bits per heavy atom. The third-order valence-corrected chi connectivity index (χ3v) is 2.80. The maximum Gasteiger partial charge on any atom is 0.368 e. The Morgan fingerprint density at radius 3 is 2.67 bits per heavy atom. The van der Waals surface area contributed by atoms with Gasteiger partial charge < -0.3 is 4.52 Å². The Kier molecular flexibility index (Phi) is 2.41. The third-order valence-electron chi connectivity index (χ3n) is 2.80. The van der Waals surface area contributed by atoms with E-state index < -0.39 is 5.63 Å². The molecule has 88 valence electrons. The van der Waals surface area contributed by atoms with Crippen molar-refractivity contribution in [3.8, 4) is 11.3 Å². The molecule has 0 atom stereocenters. The van der Waals surface area contributed by atoms with Crippen LogP contribution in [0.4, 0.5) is 0 Å². The second-order valence-corrected chi connectivity index (χ2v) is 4.08. The molecular weight excluding hydrogens is 228 g/mol. The molecule has 2 aromatic heterocycles. The van der Waals surface area contributed by atoms with Gasteiger partial charge in [0.05, 0.1) is 5.39 Å². The van der Waals surface area contributed by atoms with Crippen LogP contribution in [-0.4, -0.2) is 10.1 Å². The molecule has 4 nitrogen and oxygen atoms in total. The fourth-order valence-electron chi connectivity index (χ4n) is 1.84. The average molecular weight is 238 g/mol. The van der Waals surface area contributed by atoms with E-state index in [1.165, 1.54) is 0 Å². The van der Waals surface area contributed by atoms with Crippen molar-refractivity contribution >= 4 is 10.9 Å². The molecule has 0 amide bonds. The molecule has 4 heteroatoms. The van der Waals surface area contributed by atoms with E-state index in [2.05, 4.69) is 10.1 Å². The summed E-state index contributed by atoms with van der Waals surface area (Å²) < 4.78 is 4.81. The van der Waals surface area contributed by atoms with Gasteiger partial charge in [-0.1, -0.05) is 35.0 Å². The maximum absolute atomic E-state index is 11.5. The maximum atomic E-state index is 11.5. The van der Waals surface area contributed by atoms with Gasteiger partial charge in [0.15, 0.2) is 0 Å². The van der Waals surface area contributed by atoms with Crippen LogP contribution in [0.25, 0.3) is 22.2 Å². The van der Waals surface area contributed by atoms with Gasteiger partial charge in [0.25, 0.3) is 0 Å². The van der Waals surface area contributed by atoms with Gasteiger partial charge in [-0.3, -0.25) is 4.98 Å². The standard InChI is InChI=1S/C14H10N2O2/c1-9-4-6-10(7-5-9)12-13-11(3-2-8-15-13)14(17)18-16-12/h2-8H,1H3. The van der Waals surface area contributed by atoms with Crippen molar-refractivity contribution in [2.75, 3.05) is 0 Å². The Labute approximate surface area is 103 Å². The molecule has 0 radical (unpaired) electrons. The van der Waals surface area contributed by atoms with Crippen LogP contribution < -0.4 is 5.63 Å². The molecule has 2 heterocycles. The van der Waals surface area contributed by atoms with Crippen LogP contribution in [0.15, 0.2) is 51.9 Å². The number of hydrogen-bond acceptors (Lipinski definition) is 4. The Hall–Kier alpha value is -2.49. The number of fused-ring (bicyclic) bond motifs is 1. The van der Waals surface area contributed by atoms with E-state index in [1.807, 2.05) is 31.2 Å². The number of hydrogen-bond donors (Lipinski definition) is 0. The van der Waals surface area contributed by atoms with Crippen molar-refractivity contribution < 1.29 is 4.52 Å². The number of pyridine rings is 1. The second kappa shape index (κ2) is 4.07. The zero-order valence-electron chi connectivity index (χ0n) is 9.75. The molecule has 18 heavy (non-hydrogen) atoms. The summed E-state index contributed by atoms with van der Waals surface area (Å²) in [6.45, 7) is 2.01. The van der Waals surface area contributed by atoms with Crippen LogP contribution in [0.1, 0.15) is 5.56 Å². The lowest BCUT2D eigenvalue weighted by Crippen LogP contribution is -2.03. The number of aryl methyl sites for hydroxylation is 1. The first-order valence-electron chi connectivity index (χ1n) is 5.57. The average Bonchev–Trinajstić information content (AvgIpc) is 2.41. The Morgan fingerprint density at radius 2 is 1.89 bits per heavy atom. The fraction of sp³-hybridized carbons (Fsp3) is 0.0714. The van der Waals surface area contributed by atoms with E-state index in [0.717, 1.165) is 11.1 Å². The first-order valence-corrected chi connectivity index (χ1v) is 5.57. The lowest BCUT2D eigenvalue weighted by Gasteiger charge is -2.02. The lowest BCUT2D eigenvalue weighted by molar-refractivity contribution is 0.380. The van der Waals surface area contributed by atoms with Gasteiger partial charge in [0.2, 0.25) is 0 Å². The molecule has 0 saturated heterocycles. The molecule has 0 fully saturated rings. The largest absolute Gasteiger partial charge is 0.368 e. The van der Waals surface area contributed by atoms with Crippen molar-refractivity contribution in [1.29, 1.82) is 0 Å². The van der Waals surface area contributed by atoms with Crippen molar-refractivity contribution in [3.05, 3.63) is 58.6 Å². The van der Waals surface area contributed by atoms with Gasteiger partial charge in [-0.15, -0.1) is 0 Å². The zero-order valence-corrected chi connectivity index (χ0v) is 9.75. The third kappa shape index (κ3) is 1.68. The first kappa shape index (κ1) is 10.7. The summed E-state index contributed by atoms with van der Waals surface area (Å²) >= 11 is 0. The minimum Gasteiger partial charge on any atom is -0.312 e. The normalized spacial score (nSPS) is 10.7. The predicted octanol–water partition coefficient (Wildman–Crippen LogP) is 2.56. The molecule has 3 rings (SSSR count). The van der Waals surface area contributed by atoms with Crippen molar-refractivity contribution in [2.24, 2.45) is 0 Å². The molecular formula is C14H10N2O2. The number of rotatable bonds is 1. The van der Waals surface area contributed by atoms with Crippen LogP contribution in [0, 0.1) is 6.92 Å². The molecule has 3 aromatic rings. The summed E-state index contributed by atoms with van der Waals surface area (Å²) in [5.41, 5.74) is 2.73. The number of benzene rings is 1. The second-order valence-electron chi connectivity index (χ2n) is 4.08. The number of nitrogens with zero attached hydrogens (tertiary/aromatic N) is 2. The summed E-state index contributed by atoms with van der Waals surface area (Å²) in [6.07, 6.45) is 1.64. The molecule has 0 aliphatic rings. The quantitative estimate of drug-likeness (QED) is 0.653. The van der Waals surface area contributed by atoms with Crippen molar-refractivity contribution in [2.45, 2.75) is 6.92 Å². The van der Waals surface area contributed by atoms with E-state index in [4.69, 9.17) is 4.52 Å². The van der Waals surface area contributed by atoms with E-state index in [9.17, 15) is 4.79 Å². The number of aromatic nitrogens is 2. The summed E-state index contributed by atoms with van der Waals surface area (Å²) in [4.78, 5) is 15.8. The van der Waals surface area contributed by atoms with E-state index in [0.29, 0.717) is 16.6 Å². The van der Waals surface area contributed by atoms with E-state index >= 15 is 0 Å². The highest BCUT2D eigenvalue weighted by Crippen LogP contribution is 2.22. The molecule has 0 unspecified atom stereocenters. The summed E-state index contributed by atoms with van der Waals surface area (Å²) in [5.74, 6) is 0. The van der Waals surface area contributed by atoms with Gasteiger partial charge >= 0.3 is 5.63 Å². The minimum absolute atomic E-state index is 0.447. The highest BCUT2D eigenvalue weighted by atomic mass is 16.5. The van der Waals surface area contributed by atoms with E-state index in [-0.39, 0.29) is 0 Å². The van der Waals surface area contributed by atoms with Crippen LogP contribution in [0.5, 0.6) is 0 Å². The predicted molar refractivity (Wildman–Crippen MR) is 68.2 cm³/mol. The van der Waals surface area contributed by atoms with Crippen LogP contribution in [0.3, 0.4) is 0 Å². The van der Waals surface area contributed by atoms with Gasteiger partial charge in [0.1, 0.15) is 11.2 Å². The zero-order chi connectivity index (χ0) is 12.5. The molecule has 0 aliphatic heterocycles. The van der Waals surface area contributed by atoms with Crippen molar-refractivity contribution in [1.82, 2.24) is 10.1 Å². The SMILES string of the molecule is Cc1ccc(-c2noc(=O)c3cccnc23)cc1. The monoisotopic (exact) mass is 238 g/mol. The lowest BCUT2D eigenvalue weighted by atomic mass is 10.1. The highest BCUT2D eigenvalue weighted by molar-refractivity contribution is 5.89. The molecule has 0 N–H and O–H groups in total.